The topological polar surface area (TPSA) is 71.0 Å². The third kappa shape index (κ3) is 8.77. The average molecular weight is 708 g/mol. The molecule has 0 aliphatic carbocycles. The standard InChI is InChI=1S/C40H42ClN5O3S/c1-44(20-19-29-17-18-34(48-2)35(26-29)49-3)37-27-36(41)42-40(43-37)50-28-30-11-10-16-33(25-30)39(47)46-23-21-45(22-24-46)38(31-12-6-4-7-13-31)32-14-8-5-9-15-32/h4-18,25-27,38H,19-24,28H2,1-3H3. The molecule has 0 bridgehead atoms. The summed E-state index contributed by atoms with van der Waals surface area (Å²) in [5.41, 5.74) is 5.38. The van der Waals surface area contributed by atoms with Crippen LogP contribution >= 0.6 is 23.4 Å². The van der Waals surface area contributed by atoms with Gasteiger partial charge in [0, 0.05) is 57.2 Å². The molecule has 0 spiro atoms. The fraction of sp³-hybridized carbons (Fsp3) is 0.275. The summed E-state index contributed by atoms with van der Waals surface area (Å²) in [6.45, 7) is 3.67. The lowest BCUT2D eigenvalue weighted by molar-refractivity contribution is 0.0597. The largest absolute Gasteiger partial charge is 0.493 e. The van der Waals surface area contributed by atoms with Gasteiger partial charge in [-0.3, -0.25) is 9.69 Å². The van der Waals surface area contributed by atoms with Gasteiger partial charge in [-0.1, -0.05) is 102 Å². The lowest BCUT2D eigenvalue weighted by atomic mass is 9.96. The Bertz CT molecular complexity index is 1830. The predicted octanol–water partition coefficient (Wildman–Crippen LogP) is 7.67. The Labute approximate surface area is 304 Å². The van der Waals surface area contributed by atoms with E-state index in [1.807, 2.05) is 54.4 Å². The van der Waals surface area contributed by atoms with Crippen molar-refractivity contribution in [1.82, 2.24) is 19.8 Å². The molecule has 1 aliphatic rings. The van der Waals surface area contributed by atoms with Crippen LogP contribution in [0.3, 0.4) is 0 Å². The van der Waals surface area contributed by atoms with Gasteiger partial charge in [0.15, 0.2) is 16.7 Å². The highest BCUT2D eigenvalue weighted by molar-refractivity contribution is 7.98. The van der Waals surface area contributed by atoms with Crippen molar-refractivity contribution in [2.45, 2.75) is 23.4 Å². The van der Waals surface area contributed by atoms with Crippen LogP contribution in [0.5, 0.6) is 11.5 Å². The normalized spacial score (nSPS) is 13.3. The number of ether oxygens (including phenoxy) is 2. The smallest absolute Gasteiger partial charge is 0.253 e. The molecule has 6 rings (SSSR count). The van der Waals surface area contributed by atoms with Crippen molar-refractivity contribution in [3.8, 4) is 11.5 Å². The zero-order chi connectivity index (χ0) is 34.9. The highest BCUT2D eigenvalue weighted by atomic mass is 35.5. The zero-order valence-corrected chi connectivity index (χ0v) is 30.2. The van der Waals surface area contributed by atoms with Crippen molar-refractivity contribution in [2.24, 2.45) is 0 Å². The van der Waals surface area contributed by atoms with E-state index in [2.05, 4.69) is 75.4 Å². The molecule has 0 unspecified atom stereocenters. The van der Waals surface area contributed by atoms with E-state index in [1.54, 1.807) is 20.3 Å². The van der Waals surface area contributed by atoms with Crippen LogP contribution in [0.15, 0.2) is 114 Å². The number of methoxy groups -OCH3 is 2. The molecule has 50 heavy (non-hydrogen) atoms. The quantitative estimate of drug-likeness (QED) is 0.0702. The minimum absolute atomic E-state index is 0.0601. The number of rotatable bonds is 13. The second-order valence-electron chi connectivity index (χ2n) is 12.2. The highest BCUT2D eigenvalue weighted by Gasteiger charge is 2.28. The number of amides is 1. The van der Waals surface area contributed by atoms with Crippen molar-refractivity contribution in [1.29, 1.82) is 0 Å². The Morgan fingerprint density at radius 2 is 1.48 bits per heavy atom. The number of nitrogens with zero attached hydrogens (tertiary/aromatic N) is 5. The van der Waals surface area contributed by atoms with Crippen molar-refractivity contribution >= 4 is 35.1 Å². The van der Waals surface area contributed by atoms with Gasteiger partial charge in [-0.05, 0) is 52.9 Å². The van der Waals surface area contributed by atoms with Crippen molar-refractivity contribution in [3.05, 3.63) is 142 Å². The predicted molar refractivity (Wildman–Crippen MR) is 202 cm³/mol. The van der Waals surface area contributed by atoms with E-state index in [0.29, 0.717) is 46.2 Å². The van der Waals surface area contributed by atoms with Gasteiger partial charge >= 0.3 is 0 Å². The van der Waals surface area contributed by atoms with Crippen molar-refractivity contribution in [2.75, 3.05) is 58.9 Å². The summed E-state index contributed by atoms with van der Waals surface area (Å²) in [6.07, 6.45) is 0.789. The molecule has 2 heterocycles. The molecule has 1 saturated heterocycles. The maximum absolute atomic E-state index is 13.7. The SMILES string of the molecule is COc1ccc(CCN(C)c2cc(Cl)nc(SCc3cccc(C(=O)N4CCN(C(c5ccccc5)c5ccccc5)CC4)c3)n2)cc1OC. The third-order valence-electron chi connectivity index (χ3n) is 8.97. The summed E-state index contributed by atoms with van der Waals surface area (Å²) in [4.78, 5) is 29.5. The van der Waals surface area contributed by atoms with Crippen molar-refractivity contribution < 1.29 is 14.3 Å². The number of carbonyl (C=O) groups is 1. The molecule has 8 nitrogen and oxygen atoms in total. The molecule has 0 radical (unpaired) electrons. The monoisotopic (exact) mass is 707 g/mol. The van der Waals surface area contributed by atoms with Crippen LogP contribution in [-0.4, -0.2) is 79.7 Å². The fourth-order valence-corrected chi connectivity index (χ4v) is 7.31. The molecular weight excluding hydrogens is 666 g/mol. The van der Waals surface area contributed by atoms with Crippen LogP contribution in [0, 0.1) is 0 Å². The maximum atomic E-state index is 13.7. The number of thioether (sulfide) groups is 1. The maximum Gasteiger partial charge on any atom is 0.253 e. The third-order valence-corrected chi connectivity index (χ3v) is 10.1. The Kier molecular flexibility index (Phi) is 11.9. The van der Waals surface area contributed by atoms with E-state index >= 15 is 0 Å². The van der Waals surface area contributed by atoms with E-state index < -0.39 is 0 Å². The second kappa shape index (κ2) is 16.9. The van der Waals surface area contributed by atoms with Gasteiger partial charge in [-0.15, -0.1) is 0 Å². The highest BCUT2D eigenvalue weighted by Crippen LogP contribution is 2.31. The second-order valence-corrected chi connectivity index (χ2v) is 13.6. The first-order valence-corrected chi connectivity index (χ1v) is 18.1. The molecule has 0 atom stereocenters. The summed E-state index contributed by atoms with van der Waals surface area (Å²) >= 11 is 7.95. The number of benzene rings is 4. The first-order chi connectivity index (χ1) is 24.4. The van der Waals surface area contributed by atoms with Gasteiger partial charge in [-0.2, -0.15) is 0 Å². The summed E-state index contributed by atoms with van der Waals surface area (Å²) < 4.78 is 10.8. The van der Waals surface area contributed by atoms with Crippen LogP contribution < -0.4 is 14.4 Å². The molecule has 0 N–H and O–H groups in total. The number of hydrogen-bond donors (Lipinski definition) is 0. The summed E-state index contributed by atoms with van der Waals surface area (Å²) in [5.74, 6) is 2.83. The van der Waals surface area contributed by atoms with E-state index in [1.165, 1.54) is 22.9 Å². The molecule has 1 aromatic heterocycles. The van der Waals surface area contributed by atoms with Gasteiger partial charge in [0.2, 0.25) is 0 Å². The van der Waals surface area contributed by atoms with Gasteiger partial charge in [0.25, 0.3) is 5.91 Å². The number of hydrogen-bond acceptors (Lipinski definition) is 8. The van der Waals surface area contributed by atoms with E-state index in [0.717, 1.165) is 43.0 Å². The van der Waals surface area contributed by atoms with Crippen LogP contribution in [-0.2, 0) is 12.2 Å². The van der Waals surface area contributed by atoms with E-state index in [-0.39, 0.29) is 11.9 Å². The van der Waals surface area contributed by atoms with E-state index in [4.69, 9.17) is 26.1 Å². The first-order valence-electron chi connectivity index (χ1n) is 16.7. The number of carbonyl (C=O) groups excluding carboxylic acids is 1. The molecule has 10 heteroatoms. The number of anilines is 1. The van der Waals surface area contributed by atoms with Gasteiger partial charge in [0.05, 0.1) is 20.3 Å². The van der Waals surface area contributed by atoms with Crippen molar-refractivity contribution in [3.63, 3.8) is 0 Å². The van der Waals surface area contributed by atoms with Crippen LogP contribution in [0.1, 0.15) is 38.7 Å². The van der Waals surface area contributed by atoms with Gasteiger partial charge in [-0.25, -0.2) is 9.97 Å². The Morgan fingerprint density at radius 3 is 2.14 bits per heavy atom. The number of piperazine rings is 1. The van der Waals surface area contributed by atoms with Crippen LogP contribution in [0.4, 0.5) is 5.82 Å². The van der Waals surface area contributed by atoms with Crippen LogP contribution in [0.2, 0.25) is 5.15 Å². The summed E-state index contributed by atoms with van der Waals surface area (Å²) in [5, 5.41) is 0.977. The van der Waals surface area contributed by atoms with Gasteiger partial charge < -0.3 is 19.3 Å². The van der Waals surface area contributed by atoms with E-state index in [9.17, 15) is 4.79 Å². The average Bonchev–Trinajstić information content (AvgIpc) is 3.17. The Morgan fingerprint density at radius 1 is 0.800 bits per heavy atom. The molecular formula is C40H42ClN5O3S. The molecule has 258 valence electrons. The molecule has 0 saturated carbocycles. The lowest BCUT2D eigenvalue weighted by Gasteiger charge is -2.39. The minimum atomic E-state index is 0.0601. The summed E-state index contributed by atoms with van der Waals surface area (Å²) in [7, 11) is 5.26. The molecule has 1 amide bonds. The van der Waals surface area contributed by atoms with Crippen LogP contribution in [0.25, 0.3) is 0 Å². The molecule has 1 aliphatic heterocycles. The van der Waals surface area contributed by atoms with Gasteiger partial charge in [0.1, 0.15) is 11.0 Å². The number of halogens is 1. The first kappa shape index (κ1) is 35.3. The Balaban J connectivity index is 1.05. The Hall–Kier alpha value is -4.57. The number of aromatic nitrogens is 2. The summed E-state index contributed by atoms with van der Waals surface area (Å²) in [6, 6.07) is 37.0. The number of likely N-dealkylation sites (N-methyl/N-ethyl adjacent to an activating group) is 1. The zero-order valence-electron chi connectivity index (χ0n) is 28.7. The molecule has 1 fully saturated rings. The molecule has 4 aromatic carbocycles. The lowest BCUT2D eigenvalue weighted by Crippen LogP contribution is -2.49. The minimum Gasteiger partial charge on any atom is -0.493 e. The molecule has 5 aromatic rings. The fourth-order valence-electron chi connectivity index (χ4n) is 6.29.